The molecule has 1 atom stereocenters. The van der Waals surface area contributed by atoms with Crippen molar-refractivity contribution in [1.82, 2.24) is 10.2 Å². The number of aryl methyl sites for hydroxylation is 1. The third-order valence-electron chi connectivity index (χ3n) is 6.17. The van der Waals surface area contributed by atoms with Gasteiger partial charge in [0.2, 0.25) is 5.91 Å². The van der Waals surface area contributed by atoms with Gasteiger partial charge in [-0.1, -0.05) is 93.6 Å². The van der Waals surface area contributed by atoms with Crippen LogP contribution in [0, 0.1) is 6.92 Å². The number of hydrogen-bond donors (Lipinski definition) is 1. The van der Waals surface area contributed by atoms with E-state index in [1.807, 2.05) is 85.8 Å². The van der Waals surface area contributed by atoms with Crippen LogP contribution in [0.25, 0.3) is 0 Å². The van der Waals surface area contributed by atoms with Crippen LogP contribution in [0.4, 0.5) is 0 Å². The summed E-state index contributed by atoms with van der Waals surface area (Å²) in [4.78, 5) is 28.4. The Morgan fingerprint density at radius 2 is 1.54 bits per heavy atom. The molecule has 0 saturated heterocycles. The predicted molar refractivity (Wildman–Crippen MR) is 140 cm³/mol. The lowest BCUT2D eigenvalue weighted by atomic mass is 9.86. The molecule has 3 aromatic rings. The number of likely N-dealkylation sites (N-methyl/N-ethyl adjacent to an activating group) is 1. The Hall–Kier alpha value is -3.60. The van der Waals surface area contributed by atoms with Crippen LogP contribution in [0.1, 0.15) is 43.0 Å². The smallest absolute Gasteiger partial charge is 0.261 e. The summed E-state index contributed by atoms with van der Waals surface area (Å²) in [6, 6.07) is 24.8. The van der Waals surface area contributed by atoms with Crippen molar-refractivity contribution in [3.05, 3.63) is 101 Å². The Labute approximate surface area is 209 Å². The zero-order chi connectivity index (χ0) is 25.4. The van der Waals surface area contributed by atoms with Gasteiger partial charge in [-0.2, -0.15) is 0 Å². The monoisotopic (exact) mass is 472 g/mol. The van der Waals surface area contributed by atoms with Crippen LogP contribution < -0.4 is 10.1 Å². The molecule has 0 aliphatic rings. The SMILES string of the molecule is CNC(=O)[C@@H](Cc1ccccc1)N(Cc1ccccc1C)C(=O)COc1ccccc1C(C)(C)C. The van der Waals surface area contributed by atoms with E-state index in [1.54, 1.807) is 11.9 Å². The number of nitrogens with zero attached hydrogens (tertiary/aromatic N) is 1. The molecule has 0 bridgehead atoms. The highest BCUT2D eigenvalue weighted by atomic mass is 16.5. The van der Waals surface area contributed by atoms with Crippen LogP contribution in [0.3, 0.4) is 0 Å². The molecule has 0 fully saturated rings. The van der Waals surface area contributed by atoms with Gasteiger partial charge in [-0.05, 0) is 40.7 Å². The summed E-state index contributed by atoms with van der Waals surface area (Å²) in [6.45, 7) is 8.52. The van der Waals surface area contributed by atoms with E-state index in [4.69, 9.17) is 4.74 Å². The molecule has 0 aliphatic heterocycles. The number of benzene rings is 3. The van der Waals surface area contributed by atoms with Gasteiger partial charge in [0.25, 0.3) is 5.91 Å². The molecule has 0 spiro atoms. The van der Waals surface area contributed by atoms with Crippen LogP contribution in [-0.2, 0) is 28.0 Å². The second kappa shape index (κ2) is 11.7. The molecule has 0 saturated carbocycles. The molecule has 0 radical (unpaired) electrons. The third-order valence-corrected chi connectivity index (χ3v) is 6.17. The van der Waals surface area contributed by atoms with E-state index in [-0.39, 0.29) is 23.8 Å². The lowest BCUT2D eigenvalue weighted by molar-refractivity contribution is -0.142. The van der Waals surface area contributed by atoms with Crippen LogP contribution in [0.2, 0.25) is 0 Å². The first-order chi connectivity index (χ1) is 16.7. The van der Waals surface area contributed by atoms with Gasteiger partial charge in [-0.15, -0.1) is 0 Å². The van der Waals surface area contributed by atoms with E-state index < -0.39 is 6.04 Å². The highest BCUT2D eigenvalue weighted by molar-refractivity contribution is 5.88. The van der Waals surface area contributed by atoms with Crippen molar-refractivity contribution in [3.8, 4) is 5.75 Å². The zero-order valence-electron chi connectivity index (χ0n) is 21.4. The second-order valence-corrected chi connectivity index (χ2v) is 9.80. The Kier molecular flexibility index (Phi) is 8.69. The molecule has 5 nitrogen and oxygen atoms in total. The average Bonchev–Trinajstić information content (AvgIpc) is 2.85. The number of ether oxygens (including phenoxy) is 1. The maximum absolute atomic E-state index is 13.7. The van der Waals surface area contributed by atoms with Gasteiger partial charge in [-0.3, -0.25) is 9.59 Å². The molecule has 3 aromatic carbocycles. The van der Waals surface area contributed by atoms with Gasteiger partial charge in [0.15, 0.2) is 6.61 Å². The highest BCUT2D eigenvalue weighted by Gasteiger charge is 2.30. The molecule has 35 heavy (non-hydrogen) atoms. The number of nitrogens with one attached hydrogen (secondary N) is 1. The van der Waals surface area contributed by atoms with Crippen LogP contribution in [-0.4, -0.2) is 36.4 Å². The van der Waals surface area contributed by atoms with E-state index >= 15 is 0 Å². The number of amides is 2. The molecule has 0 aliphatic carbocycles. The van der Waals surface area contributed by atoms with E-state index in [0.29, 0.717) is 18.7 Å². The van der Waals surface area contributed by atoms with Gasteiger partial charge in [0, 0.05) is 20.0 Å². The fourth-order valence-corrected chi connectivity index (χ4v) is 4.13. The van der Waals surface area contributed by atoms with Crippen molar-refractivity contribution < 1.29 is 14.3 Å². The summed E-state index contributed by atoms with van der Waals surface area (Å²) >= 11 is 0. The lowest BCUT2D eigenvalue weighted by Crippen LogP contribution is -2.51. The summed E-state index contributed by atoms with van der Waals surface area (Å²) < 4.78 is 6.07. The first-order valence-corrected chi connectivity index (χ1v) is 12.0. The summed E-state index contributed by atoms with van der Waals surface area (Å²) in [5.74, 6) is 0.246. The molecule has 0 unspecified atom stereocenters. The molecule has 3 rings (SSSR count). The maximum Gasteiger partial charge on any atom is 0.261 e. The van der Waals surface area contributed by atoms with Crippen LogP contribution >= 0.6 is 0 Å². The molecule has 2 amide bonds. The summed E-state index contributed by atoms with van der Waals surface area (Å²) in [7, 11) is 1.60. The highest BCUT2D eigenvalue weighted by Crippen LogP contribution is 2.31. The molecule has 0 heterocycles. The molecular weight excluding hydrogens is 436 g/mol. The topological polar surface area (TPSA) is 58.6 Å². The minimum absolute atomic E-state index is 0.127. The largest absolute Gasteiger partial charge is 0.483 e. The van der Waals surface area contributed by atoms with Crippen molar-refractivity contribution >= 4 is 11.8 Å². The zero-order valence-corrected chi connectivity index (χ0v) is 21.4. The van der Waals surface area contributed by atoms with Crippen LogP contribution in [0.15, 0.2) is 78.9 Å². The third kappa shape index (κ3) is 6.95. The Bertz CT molecular complexity index is 1140. The van der Waals surface area contributed by atoms with E-state index in [2.05, 4.69) is 26.1 Å². The van der Waals surface area contributed by atoms with Crippen molar-refractivity contribution in [1.29, 1.82) is 0 Å². The summed E-state index contributed by atoms with van der Waals surface area (Å²) in [6.07, 6.45) is 0.413. The standard InChI is InChI=1S/C30H36N2O3/c1-22-13-9-10-16-24(22)20-32(26(29(34)31-5)19-23-14-7-6-8-15-23)28(33)21-35-27-18-12-11-17-25(27)30(2,3)4/h6-18,26H,19-21H2,1-5H3,(H,31,34)/t26-/m1/s1. The van der Waals surface area contributed by atoms with Gasteiger partial charge in [0.05, 0.1) is 0 Å². The van der Waals surface area contributed by atoms with Crippen molar-refractivity contribution in [2.24, 2.45) is 0 Å². The molecular formula is C30H36N2O3. The van der Waals surface area contributed by atoms with E-state index in [0.717, 1.165) is 22.3 Å². The number of para-hydroxylation sites is 1. The number of hydrogen-bond acceptors (Lipinski definition) is 3. The summed E-state index contributed by atoms with van der Waals surface area (Å²) in [5, 5.41) is 2.75. The number of rotatable bonds is 9. The van der Waals surface area contributed by atoms with Crippen molar-refractivity contribution in [2.45, 2.75) is 52.1 Å². The molecule has 0 aromatic heterocycles. The summed E-state index contributed by atoms with van der Waals surface area (Å²) in [5.41, 5.74) is 3.96. The Balaban J connectivity index is 1.92. The van der Waals surface area contributed by atoms with Gasteiger partial charge in [0.1, 0.15) is 11.8 Å². The maximum atomic E-state index is 13.7. The predicted octanol–water partition coefficient (Wildman–Crippen LogP) is 5.06. The van der Waals surface area contributed by atoms with Gasteiger partial charge in [-0.25, -0.2) is 0 Å². The van der Waals surface area contributed by atoms with Crippen molar-refractivity contribution in [2.75, 3.05) is 13.7 Å². The molecule has 5 heteroatoms. The van der Waals surface area contributed by atoms with Crippen molar-refractivity contribution in [3.63, 3.8) is 0 Å². The first kappa shape index (κ1) is 26.0. The van der Waals surface area contributed by atoms with Gasteiger partial charge < -0.3 is 15.0 Å². The van der Waals surface area contributed by atoms with E-state index in [1.165, 1.54) is 0 Å². The fraction of sp³-hybridized carbons (Fsp3) is 0.333. The number of carbonyl (C=O) groups excluding carboxylic acids is 2. The Morgan fingerprint density at radius 1 is 0.914 bits per heavy atom. The van der Waals surface area contributed by atoms with Crippen LogP contribution in [0.5, 0.6) is 5.75 Å². The normalized spacial score (nSPS) is 12.0. The molecule has 1 N–H and O–H groups in total. The van der Waals surface area contributed by atoms with E-state index in [9.17, 15) is 9.59 Å². The Morgan fingerprint density at radius 3 is 2.20 bits per heavy atom. The minimum atomic E-state index is -0.670. The first-order valence-electron chi connectivity index (χ1n) is 12.0. The quantitative estimate of drug-likeness (QED) is 0.474. The molecule has 184 valence electrons. The number of carbonyl (C=O) groups is 2. The second-order valence-electron chi connectivity index (χ2n) is 9.80. The fourth-order valence-electron chi connectivity index (χ4n) is 4.13. The lowest BCUT2D eigenvalue weighted by Gasteiger charge is -2.32. The van der Waals surface area contributed by atoms with Gasteiger partial charge >= 0.3 is 0 Å². The average molecular weight is 473 g/mol. The minimum Gasteiger partial charge on any atom is -0.483 e.